The second-order valence-corrected chi connectivity index (χ2v) is 6.02. The first kappa shape index (κ1) is 17.4. The van der Waals surface area contributed by atoms with E-state index in [9.17, 15) is 4.79 Å². The van der Waals surface area contributed by atoms with Crippen LogP contribution in [0.5, 0.6) is 0 Å². The summed E-state index contributed by atoms with van der Waals surface area (Å²) in [6.45, 7) is 0.541. The number of nitrogens with zero attached hydrogens (tertiary/aromatic N) is 4. The molecule has 0 bridgehead atoms. The highest BCUT2D eigenvalue weighted by molar-refractivity contribution is 5.93. The summed E-state index contributed by atoms with van der Waals surface area (Å²) in [4.78, 5) is 14.5. The minimum absolute atomic E-state index is 0.268. The molecule has 0 aliphatic heterocycles. The van der Waals surface area contributed by atoms with Crippen molar-refractivity contribution in [3.05, 3.63) is 84.1 Å². The number of hydrogen-bond acceptors (Lipinski definition) is 5. The monoisotopic (exact) mass is 347 g/mol. The average molecular weight is 347 g/mol. The number of benzene rings is 2. The quantitative estimate of drug-likeness (QED) is 0.695. The first-order valence-corrected chi connectivity index (χ1v) is 8.32. The molecule has 0 atom stereocenters. The predicted octanol–water partition coefficient (Wildman–Crippen LogP) is 2.89. The van der Waals surface area contributed by atoms with Gasteiger partial charge in [-0.15, -0.1) is 10.2 Å². The molecule has 1 aromatic heterocycles. The minimum atomic E-state index is -0.303. The van der Waals surface area contributed by atoms with Crippen LogP contribution in [0.15, 0.2) is 72.8 Å². The van der Waals surface area contributed by atoms with Gasteiger partial charge < -0.3 is 4.90 Å². The molecule has 1 heterocycles. The summed E-state index contributed by atoms with van der Waals surface area (Å²) in [6, 6.07) is 23.1. The zero-order valence-corrected chi connectivity index (χ0v) is 14.8. The van der Waals surface area contributed by atoms with Crippen LogP contribution in [0, 0.1) is 0 Å². The van der Waals surface area contributed by atoms with Gasteiger partial charge in [0, 0.05) is 14.1 Å². The third-order valence-electron chi connectivity index (χ3n) is 3.83. The Balaban J connectivity index is 1.79. The van der Waals surface area contributed by atoms with Gasteiger partial charge in [-0.05, 0) is 29.8 Å². The van der Waals surface area contributed by atoms with E-state index in [4.69, 9.17) is 0 Å². The zero-order chi connectivity index (χ0) is 18.4. The molecule has 0 spiro atoms. The Hall–Kier alpha value is -3.41. The Morgan fingerprint density at radius 1 is 0.885 bits per heavy atom. The lowest BCUT2D eigenvalue weighted by molar-refractivity contribution is 0.0942. The van der Waals surface area contributed by atoms with Gasteiger partial charge in [-0.25, -0.2) is 0 Å². The van der Waals surface area contributed by atoms with Crippen molar-refractivity contribution in [2.45, 2.75) is 6.54 Å². The van der Waals surface area contributed by atoms with Gasteiger partial charge in [0.1, 0.15) is 0 Å². The molecule has 3 aromatic rings. The van der Waals surface area contributed by atoms with Gasteiger partial charge in [-0.3, -0.25) is 15.2 Å². The molecular formula is C20H21N5O. The lowest BCUT2D eigenvalue weighted by Gasteiger charge is -2.25. The van der Waals surface area contributed by atoms with Gasteiger partial charge in [0.25, 0.3) is 5.91 Å². The van der Waals surface area contributed by atoms with Gasteiger partial charge in [0.15, 0.2) is 11.5 Å². The molecule has 6 heteroatoms. The van der Waals surface area contributed by atoms with Crippen molar-refractivity contribution in [1.29, 1.82) is 0 Å². The minimum Gasteiger partial charge on any atom is -0.361 e. The van der Waals surface area contributed by atoms with Crippen molar-refractivity contribution in [3.8, 4) is 0 Å². The van der Waals surface area contributed by atoms with E-state index in [1.165, 1.54) is 0 Å². The van der Waals surface area contributed by atoms with Crippen molar-refractivity contribution in [2.24, 2.45) is 0 Å². The Morgan fingerprint density at radius 2 is 1.54 bits per heavy atom. The van der Waals surface area contributed by atoms with Crippen LogP contribution in [0.1, 0.15) is 16.1 Å². The molecule has 3 rings (SSSR count). The molecule has 26 heavy (non-hydrogen) atoms. The summed E-state index contributed by atoms with van der Waals surface area (Å²) < 4.78 is 0. The molecule has 2 aromatic carbocycles. The molecule has 0 saturated heterocycles. The second-order valence-electron chi connectivity index (χ2n) is 6.02. The van der Waals surface area contributed by atoms with Crippen molar-refractivity contribution in [2.75, 3.05) is 24.0 Å². The summed E-state index contributed by atoms with van der Waals surface area (Å²) in [5, 5.41) is 9.89. The molecule has 1 N–H and O–H groups in total. The third kappa shape index (κ3) is 4.36. The van der Waals surface area contributed by atoms with Gasteiger partial charge in [-0.2, -0.15) is 0 Å². The fraction of sp³-hybridized carbons (Fsp3) is 0.150. The number of nitrogens with one attached hydrogen (secondary N) is 1. The first-order valence-electron chi connectivity index (χ1n) is 8.32. The summed E-state index contributed by atoms with van der Waals surface area (Å²) in [7, 11) is 3.75. The van der Waals surface area contributed by atoms with Crippen molar-refractivity contribution in [3.63, 3.8) is 0 Å². The summed E-state index contributed by atoms with van der Waals surface area (Å²) in [6.07, 6.45) is 0. The van der Waals surface area contributed by atoms with E-state index in [0.29, 0.717) is 12.4 Å². The molecule has 0 fully saturated rings. The van der Waals surface area contributed by atoms with Gasteiger partial charge in [-0.1, -0.05) is 48.5 Å². The largest absolute Gasteiger partial charge is 0.361 e. The average Bonchev–Trinajstić information content (AvgIpc) is 2.69. The topological polar surface area (TPSA) is 61.4 Å². The summed E-state index contributed by atoms with van der Waals surface area (Å²) >= 11 is 0. The molecule has 0 aliphatic carbocycles. The van der Waals surface area contributed by atoms with E-state index in [1.807, 2.05) is 79.7 Å². The molecule has 0 aliphatic rings. The number of carbonyl (C=O) groups excluding carboxylic acids is 1. The van der Waals surface area contributed by atoms with Crippen LogP contribution in [-0.4, -0.2) is 30.2 Å². The SMILES string of the molecule is CN(C)c1ccc(C(=O)NN(Cc2ccccc2)c2ccccc2)nn1. The molecule has 132 valence electrons. The highest BCUT2D eigenvalue weighted by Crippen LogP contribution is 2.15. The van der Waals surface area contributed by atoms with E-state index in [-0.39, 0.29) is 11.6 Å². The highest BCUT2D eigenvalue weighted by Gasteiger charge is 2.14. The highest BCUT2D eigenvalue weighted by atomic mass is 16.2. The van der Waals surface area contributed by atoms with Crippen LogP contribution in [-0.2, 0) is 6.54 Å². The fourth-order valence-electron chi connectivity index (χ4n) is 2.43. The zero-order valence-electron chi connectivity index (χ0n) is 14.8. The molecule has 0 radical (unpaired) electrons. The second kappa shape index (κ2) is 8.11. The Morgan fingerprint density at radius 3 is 2.12 bits per heavy atom. The number of anilines is 2. The maximum Gasteiger partial charge on any atom is 0.290 e. The number of carbonyl (C=O) groups is 1. The number of rotatable bonds is 6. The molecule has 6 nitrogen and oxygen atoms in total. The number of para-hydroxylation sites is 1. The smallest absolute Gasteiger partial charge is 0.290 e. The molecule has 0 unspecified atom stereocenters. The van der Waals surface area contributed by atoms with Gasteiger partial charge in [0.05, 0.1) is 12.2 Å². The first-order chi connectivity index (χ1) is 12.6. The lowest BCUT2D eigenvalue weighted by Crippen LogP contribution is -2.42. The molecule has 0 saturated carbocycles. The van der Waals surface area contributed by atoms with E-state index in [1.54, 1.807) is 17.1 Å². The van der Waals surface area contributed by atoms with Crippen LogP contribution in [0.3, 0.4) is 0 Å². The van der Waals surface area contributed by atoms with Crippen LogP contribution >= 0.6 is 0 Å². The maximum absolute atomic E-state index is 12.6. The van der Waals surface area contributed by atoms with E-state index in [2.05, 4.69) is 15.6 Å². The Kier molecular flexibility index (Phi) is 5.43. The van der Waals surface area contributed by atoms with Crippen molar-refractivity contribution < 1.29 is 4.79 Å². The third-order valence-corrected chi connectivity index (χ3v) is 3.83. The van der Waals surface area contributed by atoms with E-state index < -0.39 is 0 Å². The Labute approximate surface area is 153 Å². The summed E-state index contributed by atoms with van der Waals surface area (Å²) in [5.41, 5.74) is 5.17. The van der Waals surface area contributed by atoms with Crippen LogP contribution < -0.4 is 15.3 Å². The predicted molar refractivity (Wildman–Crippen MR) is 103 cm³/mol. The maximum atomic E-state index is 12.6. The van der Waals surface area contributed by atoms with Crippen LogP contribution in [0.2, 0.25) is 0 Å². The standard InChI is InChI=1S/C20H21N5O/c1-24(2)19-14-13-18(21-22-19)20(26)23-25(17-11-7-4-8-12-17)15-16-9-5-3-6-10-16/h3-14H,15H2,1-2H3,(H,23,26). The van der Waals surface area contributed by atoms with E-state index >= 15 is 0 Å². The summed E-state index contributed by atoms with van der Waals surface area (Å²) in [5.74, 6) is 0.397. The Bertz CT molecular complexity index is 835. The number of amides is 1. The van der Waals surface area contributed by atoms with Gasteiger partial charge in [0.2, 0.25) is 0 Å². The van der Waals surface area contributed by atoms with Crippen molar-refractivity contribution >= 4 is 17.4 Å². The molecule has 1 amide bonds. The number of hydrogen-bond donors (Lipinski definition) is 1. The lowest BCUT2D eigenvalue weighted by atomic mass is 10.2. The van der Waals surface area contributed by atoms with Crippen molar-refractivity contribution in [1.82, 2.24) is 15.6 Å². The molecular weight excluding hydrogens is 326 g/mol. The van der Waals surface area contributed by atoms with Crippen LogP contribution in [0.25, 0.3) is 0 Å². The number of aromatic nitrogens is 2. The normalized spacial score (nSPS) is 10.2. The van der Waals surface area contributed by atoms with Gasteiger partial charge >= 0.3 is 0 Å². The fourth-order valence-corrected chi connectivity index (χ4v) is 2.43. The number of hydrazine groups is 1. The van der Waals surface area contributed by atoms with E-state index in [0.717, 1.165) is 11.3 Å². The van der Waals surface area contributed by atoms with Crippen LogP contribution in [0.4, 0.5) is 11.5 Å².